The third kappa shape index (κ3) is 53.5. The first-order chi connectivity index (χ1) is 53.9. The Labute approximate surface area is 642 Å². The average Bonchev–Trinajstić information content (AvgIpc) is 1.62. The summed E-state index contributed by atoms with van der Waals surface area (Å²) in [6, 6.07) is 14.6. The van der Waals surface area contributed by atoms with Gasteiger partial charge in [0.05, 0.1) is 311 Å². The van der Waals surface area contributed by atoms with Gasteiger partial charge in [-0.3, -0.25) is 14.4 Å². The molecule has 2 aromatic carbocycles. The number of imide groups is 1. The minimum atomic E-state index is -1.22. The summed E-state index contributed by atoms with van der Waals surface area (Å²) in [5.74, 6) is -2.66. The zero-order valence-electron chi connectivity index (χ0n) is 64.3. The molecule has 2 N–H and O–H groups in total. The van der Waals surface area contributed by atoms with Crippen LogP contribution in [-0.4, -0.2) is 372 Å². The Bertz CT molecular complexity index is 2440. The van der Waals surface area contributed by atoms with Crippen molar-refractivity contribution < 1.29 is 147 Å². The van der Waals surface area contributed by atoms with Crippen molar-refractivity contribution >= 4 is 29.8 Å². The van der Waals surface area contributed by atoms with Crippen LogP contribution in [0.2, 0.25) is 0 Å². The smallest absolute Gasteiger partial charge is 0.407 e. The van der Waals surface area contributed by atoms with Crippen LogP contribution in [0.3, 0.4) is 0 Å². The number of hydroxylamine groups is 2. The highest BCUT2D eigenvalue weighted by Crippen LogP contribution is 2.44. The molecular formula is C75H125N3O31. The van der Waals surface area contributed by atoms with Crippen LogP contribution in [0, 0.1) is 0 Å². The van der Waals surface area contributed by atoms with E-state index in [0.717, 1.165) is 22.3 Å². The predicted molar refractivity (Wildman–Crippen MR) is 391 cm³/mol. The van der Waals surface area contributed by atoms with Gasteiger partial charge in [-0.1, -0.05) is 48.5 Å². The van der Waals surface area contributed by atoms with Gasteiger partial charge in [0.25, 0.3) is 11.8 Å². The first-order valence-corrected chi connectivity index (χ1v) is 38.1. The number of rotatable bonds is 82. The molecule has 626 valence electrons. The number of hydrogen-bond acceptors (Lipinski definition) is 31. The lowest BCUT2D eigenvalue weighted by Gasteiger charge is -2.21. The highest BCUT2D eigenvalue weighted by atomic mass is 16.7. The van der Waals surface area contributed by atoms with Gasteiger partial charge in [-0.05, 0) is 41.5 Å². The lowest BCUT2D eigenvalue weighted by Crippen LogP contribution is -2.45. The van der Waals surface area contributed by atoms with Crippen LogP contribution >= 0.6 is 0 Å². The van der Waals surface area contributed by atoms with E-state index in [1.165, 1.54) is 0 Å². The zero-order valence-corrected chi connectivity index (χ0v) is 64.3. The number of ether oxygens (including phenoxy) is 25. The third-order valence-corrected chi connectivity index (χ3v) is 15.4. The van der Waals surface area contributed by atoms with Gasteiger partial charge in [0.15, 0.2) is 0 Å². The second-order valence-corrected chi connectivity index (χ2v) is 23.7. The van der Waals surface area contributed by atoms with Gasteiger partial charge in [0.1, 0.15) is 12.6 Å². The van der Waals surface area contributed by atoms with E-state index in [4.69, 9.17) is 123 Å². The van der Waals surface area contributed by atoms with E-state index < -0.39 is 29.9 Å². The van der Waals surface area contributed by atoms with E-state index in [1.54, 1.807) is 7.11 Å². The molecule has 0 bridgehead atoms. The van der Waals surface area contributed by atoms with E-state index >= 15 is 0 Å². The van der Waals surface area contributed by atoms with E-state index in [9.17, 15) is 24.0 Å². The Morgan fingerprint density at radius 2 is 0.615 bits per heavy atom. The second-order valence-electron chi connectivity index (χ2n) is 23.7. The molecule has 0 radical (unpaired) electrons. The molecule has 2 aromatic rings. The molecular weight excluding hydrogens is 1440 g/mol. The molecule has 0 spiro atoms. The van der Waals surface area contributed by atoms with E-state index in [-0.39, 0.29) is 50.7 Å². The number of amides is 4. The number of benzene rings is 2. The summed E-state index contributed by atoms with van der Waals surface area (Å²) in [5.41, 5.74) is 4.18. The highest BCUT2D eigenvalue weighted by molar-refractivity contribution is 6.02. The monoisotopic (exact) mass is 1560 g/mol. The van der Waals surface area contributed by atoms with Crippen molar-refractivity contribution in [2.75, 3.05) is 331 Å². The highest BCUT2D eigenvalue weighted by Gasteiger charge is 2.36. The van der Waals surface area contributed by atoms with E-state index in [1.807, 2.05) is 48.5 Å². The molecule has 2 aliphatic rings. The van der Waals surface area contributed by atoms with Crippen LogP contribution in [0.1, 0.15) is 55.6 Å². The number of unbranched alkanes of at least 4 members (excludes halogenated alkanes) is 1. The standard InChI is InChI=1S/C75H125N3O31/c1-84-18-19-86-22-23-88-26-27-90-30-31-92-34-35-94-38-39-96-42-43-98-46-47-100-50-51-102-54-55-104-58-59-106-62-63-107-61-60-105-57-56-103-53-52-101-49-48-99-45-44-97-41-40-95-37-36-93-33-32-91-29-28-89-25-24-87-21-20-85-17-15-71(79)76-16-7-6-12-70(74(82)109-78-72(80)13-14-73(78)81)77-75(83)108-64-69-67-10-4-2-8-65(67)66-9-3-5-11-68(66)69/h2-5,8-11,69-70H,6-7,12-64H2,1H3,(H,76,79)(H,77,83)/t70-/m0/s1. The molecule has 0 aromatic heterocycles. The number of carbonyl (C=O) groups is 5. The molecule has 4 rings (SSSR count). The van der Waals surface area contributed by atoms with Crippen molar-refractivity contribution in [1.29, 1.82) is 0 Å². The number of carbonyl (C=O) groups excluding carboxylic acids is 5. The number of fused-ring (bicyclic) bond motifs is 3. The molecule has 0 saturated carbocycles. The first-order valence-electron chi connectivity index (χ1n) is 38.1. The summed E-state index contributed by atoms with van der Waals surface area (Å²) in [6.07, 6.45) is 0.0870. The normalized spacial score (nSPS) is 13.1. The topological polar surface area (TPSA) is 353 Å². The Balaban J connectivity index is 0.747. The fraction of sp³-hybridized carbons (Fsp3) is 0.773. The minimum absolute atomic E-state index is 0.0210. The van der Waals surface area contributed by atoms with Crippen molar-refractivity contribution in [1.82, 2.24) is 15.7 Å². The predicted octanol–water partition coefficient (Wildman–Crippen LogP) is 3.21. The third-order valence-electron chi connectivity index (χ3n) is 15.4. The maximum atomic E-state index is 13.2. The summed E-state index contributed by atoms with van der Waals surface area (Å²) in [7, 11) is 1.64. The molecule has 34 nitrogen and oxygen atoms in total. The molecule has 1 aliphatic carbocycles. The van der Waals surface area contributed by atoms with E-state index in [0.29, 0.717) is 328 Å². The molecule has 4 amide bonds. The van der Waals surface area contributed by atoms with Gasteiger partial charge in [-0.15, -0.1) is 5.06 Å². The van der Waals surface area contributed by atoms with Gasteiger partial charge in [0, 0.05) is 38.8 Å². The Hall–Kier alpha value is -5.17. The van der Waals surface area contributed by atoms with Crippen LogP contribution in [0.4, 0.5) is 4.79 Å². The van der Waals surface area contributed by atoms with Crippen LogP contribution < -0.4 is 10.6 Å². The minimum Gasteiger partial charge on any atom is -0.449 e. The number of methoxy groups -OCH3 is 1. The maximum Gasteiger partial charge on any atom is 0.407 e. The van der Waals surface area contributed by atoms with Gasteiger partial charge >= 0.3 is 12.1 Å². The Kier molecular flexibility index (Phi) is 63.4. The number of nitrogens with zero attached hydrogens (tertiary/aromatic N) is 1. The summed E-state index contributed by atoms with van der Waals surface area (Å²) in [4.78, 5) is 68.2. The summed E-state index contributed by atoms with van der Waals surface area (Å²) >= 11 is 0. The van der Waals surface area contributed by atoms with Crippen molar-refractivity contribution in [3.05, 3.63) is 59.7 Å². The van der Waals surface area contributed by atoms with Crippen LogP contribution in [0.25, 0.3) is 11.1 Å². The second kappa shape index (κ2) is 71.8. The number of alkyl carbamates (subject to hydrolysis) is 1. The molecule has 1 heterocycles. The molecule has 1 fully saturated rings. The molecule has 34 heteroatoms. The largest absolute Gasteiger partial charge is 0.449 e. The van der Waals surface area contributed by atoms with Gasteiger partial charge < -0.3 is 134 Å². The fourth-order valence-corrected chi connectivity index (χ4v) is 9.88. The molecule has 1 atom stereocenters. The Morgan fingerprint density at radius 3 is 0.890 bits per heavy atom. The van der Waals surface area contributed by atoms with Gasteiger partial charge in [0.2, 0.25) is 5.91 Å². The number of hydrogen-bond donors (Lipinski definition) is 2. The maximum absolute atomic E-state index is 13.2. The quantitative estimate of drug-likeness (QED) is 0.0709. The van der Waals surface area contributed by atoms with Crippen LogP contribution in [-0.2, 0) is 142 Å². The number of nitrogens with one attached hydrogen (secondary N) is 2. The first kappa shape index (κ1) is 96.2. The van der Waals surface area contributed by atoms with Crippen molar-refractivity contribution in [3.8, 4) is 11.1 Å². The molecule has 1 saturated heterocycles. The lowest BCUT2D eigenvalue weighted by molar-refractivity contribution is -0.199. The van der Waals surface area contributed by atoms with Crippen LogP contribution in [0.5, 0.6) is 0 Å². The van der Waals surface area contributed by atoms with Crippen molar-refractivity contribution in [3.63, 3.8) is 0 Å². The summed E-state index contributed by atoms with van der Waals surface area (Å²) < 4.78 is 137. The average molecular weight is 1560 g/mol. The van der Waals surface area contributed by atoms with Crippen LogP contribution in [0.15, 0.2) is 48.5 Å². The molecule has 109 heavy (non-hydrogen) atoms. The van der Waals surface area contributed by atoms with Gasteiger partial charge in [-0.25, -0.2) is 9.59 Å². The van der Waals surface area contributed by atoms with E-state index in [2.05, 4.69) is 10.6 Å². The van der Waals surface area contributed by atoms with Crippen molar-refractivity contribution in [2.45, 2.75) is 50.5 Å². The molecule has 1 aliphatic heterocycles. The lowest BCUT2D eigenvalue weighted by atomic mass is 9.98. The fourth-order valence-electron chi connectivity index (χ4n) is 9.88. The Morgan fingerprint density at radius 1 is 0.358 bits per heavy atom. The van der Waals surface area contributed by atoms with Gasteiger partial charge in [-0.2, -0.15) is 0 Å². The van der Waals surface area contributed by atoms with Crippen molar-refractivity contribution in [2.24, 2.45) is 0 Å². The molecule has 0 unspecified atom stereocenters. The SMILES string of the molecule is COCCOCCOCCOCCOCCOCCOCCOCCOCCOCCOCCOCCOCCOCCOCCOCCOCCOCCOCCOCCOCCOCCOCCOCCC(=O)NCCCC[C@H](NC(=O)OCC1c2ccccc2-c2ccccc21)C(=O)ON1C(=O)CCC1=O. The summed E-state index contributed by atoms with van der Waals surface area (Å²) in [6.45, 7) is 22.0. The summed E-state index contributed by atoms with van der Waals surface area (Å²) in [5, 5.41) is 5.82. The zero-order chi connectivity index (χ0) is 77.3.